The molecule has 1 aliphatic carbocycles. The topological polar surface area (TPSA) is 60.4 Å². The molecule has 1 N–H and O–H groups in total. The van der Waals surface area contributed by atoms with Crippen LogP contribution < -0.4 is 5.32 Å². The number of hydrogen-bond acceptors (Lipinski definition) is 6. The van der Waals surface area contributed by atoms with Crippen molar-refractivity contribution >= 4 is 12.1 Å². The number of ether oxygens (including phenoxy) is 1. The van der Waals surface area contributed by atoms with Crippen molar-refractivity contribution in [2.24, 2.45) is 4.99 Å². The minimum absolute atomic E-state index is 0.0480. The third kappa shape index (κ3) is 4.87. The Labute approximate surface area is 192 Å². The van der Waals surface area contributed by atoms with E-state index in [4.69, 9.17) is 9.73 Å². The van der Waals surface area contributed by atoms with Crippen LogP contribution in [-0.4, -0.2) is 72.2 Å². The van der Waals surface area contributed by atoms with Gasteiger partial charge in [0.1, 0.15) is 11.8 Å². The van der Waals surface area contributed by atoms with Gasteiger partial charge < -0.3 is 19.4 Å². The van der Waals surface area contributed by atoms with Gasteiger partial charge in [0, 0.05) is 33.2 Å². The monoisotopic (exact) mass is 441 g/mol. The van der Waals surface area contributed by atoms with Crippen molar-refractivity contribution in [2.75, 3.05) is 39.9 Å². The lowest BCUT2D eigenvalue weighted by Crippen LogP contribution is -2.57. The van der Waals surface area contributed by atoms with E-state index in [1.807, 2.05) is 20.8 Å². The number of hydrogen-bond donors (Lipinski definition) is 1. The van der Waals surface area contributed by atoms with Gasteiger partial charge in [0.15, 0.2) is 5.96 Å². The molecule has 1 unspecified atom stereocenters. The molecule has 0 saturated carbocycles. The van der Waals surface area contributed by atoms with Gasteiger partial charge >= 0.3 is 6.09 Å². The first kappa shape index (κ1) is 22.9. The van der Waals surface area contributed by atoms with Crippen molar-refractivity contribution in [1.82, 2.24) is 20.0 Å². The minimum Gasteiger partial charge on any atom is -0.444 e. The average Bonchev–Trinajstić information content (AvgIpc) is 2.73. The SMILES string of the molecule is CN1CNC(c2ccc3c(c2)C(C)(C)CCC3)N=C1N1CCN(C(=O)OC(C)(C)C)CC1. The summed E-state index contributed by atoms with van der Waals surface area (Å²) in [6, 6.07) is 6.92. The summed E-state index contributed by atoms with van der Waals surface area (Å²) in [4.78, 5) is 23.7. The minimum atomic E-state index is -0.468. The molecule has 1 saturated heterocycles. The summed E-state index contributed by atoms with van der Waals surface area (Å²) in [7, 11) is 2.07. The van der Waals surface area contributed by atoms with Gasteiger partial charge in [-0.05, 0) is 62.1 Å². The summed E-state index contributed by atoms with van der Waals surface area (Å²) in [6.45, 7) is 14.0. The van der Waals surface area contributed by atoms with Crippen LogP contribution in [0, 0.1) is 0 Å². The van der Waals surface area contributed by atoms with Crippen LogP contribution in [0.1, 0.15) is 70.3 Å². The molecule has 0 radical (unpaired) electrons. The van der Waals surface area contributed by atoms with Crippen LogP contribution in [0.25, 0.3) is 0 Å². The second kappa shape index (κ2) is 8.58. The largest absolute Gasteiger partial charge is 0.444 e. The Kier molecular flexibility index (Phi) is 6.14. The number of carbonyl (C=O) groups excluding carboxylic acids is 1. The molecule has 1 aromatic carbocycles. The van der Waals surface area contributed by atoms with Gasteiger partial charge in [-0.25, -0.2) is 9.79 Å². The highest BCUT2D eigenvalue weighted by Crippen LogP contribution is 2.38. The first-order valence-electron chi connectivity index (χ1n) is 11.9. The Bertz CT molecular complexity index is 881. The Morgan fingerprint density at radius 2 is 1.91 bits per heavy atom. The van der Waals surface area contributed by atoms with Gasteiger partial charge in [-0.2, -0.15) is 0 Å². The first-order valence-corrected chi connectivity index (χ1v) is 11.9. The molecule has 0 aromatic heterocycles. The van der Waals surface area contributed by atoms with Crippen LogP contribution >= 0.6 is 0 Å². The molecule has 4 rings (SSSR count). The molecule has 7 nitrogen and oxygen atoms in total. The number of nitrogens with one attached hydrogen (secondary N) is 1. The molecule has 0 spiro atoms. The van der Waals surface area contributed by atoms with Gasteiger partial charge in [-0.15, -0.1) is 0 Å². The van der Waals surface area contributed by atoms with Crippen molar-refractivity contribution in [2.45, 2.75) is 71.1 Å². The zero-order valence-corrected chi connectivity index (χ0v) is 20.6. The lowest BCUT2D eigenvalue weighted by molar-refractivity contribution is 0.0179. The molecular weight excluding hydrogens is 402 g/mol. The smallest absolute Gasteiger partial charge is 0.410 e. The number of nitrogens with zero attached hydrogens (tertiary/aromatic N) is 4. The fraction of sp³-hybridized carbons (Fsp3) is 0.680. The van der Waals surface area contributed by atoms with Crippen molar-refractivity contribution in [3.63, 3.8) is 0 Å². The van der Waals surface area contributed by atoms with Crippen molar-refractivity contribution < 1.29 is 9.53 Å². The first-order chi connectivity index (χ1) is 15.0. The van der Waals surface area contributed by atoms with E-state index in [0.717, 1.165) is 25.7 Å². The molecule has 0 bridgehead atoms. The van der Waals surface area contributed by atoms with Gasteiger partial charge in [0.25, 0.3) is 0 Å². The van der Waals surface area contributed by atoms with Gasteiger partial charge in [0.2, 0.25) is 0 Å². The van der Waals surface area contributed by atoms with Crippen LogP contribution in [-0.2, 0) is 16.6 Å². The number of rotatable bonds is 1. The quantitative estimate of drug-likeness (QED) is 0.720. The van der Waals surface area contributed by atoms with Gasteiger partial charge in [0.05, 0.1) is 6.67 Å². The second-order valence-electron chi connectivity index (χ2n) is 11.0. The molecular formula is C25H39N5O2. The van der Waals surface area contributed by atoms with E-state index in [1.54, 1.807) is 4.90 Å². The number of aryl methyl sites for hydroxylation is 1. The van der Waals surface area contributed by atoms with Crippen molar-refractivity contribution in [3.05, 3.63) is 34.9 Å². The number of aliphatic imine (C=N–C) groups is 1. The van der Waals surface area contributed by atoms with E-state index in [9.17, 15) is 4.79 Å². The summed E-state index contributed by atoms with van der Waals surface area (Å²) in [5, 5.41) is 3.57. The number of carbonyl (C=O) groups is 1. The average molecular weight is 442 g/mol. The van der Waals surface area contributed by atoms with Crippen LogP contribution in [0.3, 0.4) is 0 Å². The number of benzene rings is 1. The van der Waals surface area contributed by atoms with Gasteiger partial charge in [-0.1, -0.05) is 32.0 Å². The highest BCUT2D eigenvalue weighted by molar-refractivity contribution is 5.81. The van der Waals surface area contributed by atoms with E-state index < -0.39 is 5.60 Å². The summed E-state index contributed by atoms with van der Waals surface area (Å²) in [5.41, 5.74) is 3.95. The highest BCUT2D eigenvalue weighted by Gasteiger charge is 2.32. The zero-order chi connectivity index (χ0) is 23.1. The van der Waals surface area contributed by atoms with Gasteiger partial charge in [-0.3, -0.25) is 5.32 Å². The van der Waals surface area contributed by atoms with Crippen LogP contribution in [0.5, 0.6) is 0 Å². The van der Waals surface area contributed by atoms with E-state index in [-0.39, 0.29) is 17.7 Å². The standard InChI is InChI=1S/C25H39N5O2/c1-24(2,3)32-23(31)30-14-12-29(13-15-30)22-27-21(26-17-28(22)6)19-10-9-18-8-7-11-25(4,5)20(18)16-19/h9-10,16,21,26H,7-8,11-15,17H2,1-6H3. The van der Waals surface area contributed by atoms with E-state index in [0.29, 0.717) is 13.1 Å². The van der Waals surface area contributed by atoms with Crippen LogP contribution in [0.15, 0.2) is 23.2 Å². The Hall–Kier alpha value is -2.28. The molecule has 176 valence electrons. The fourth-order valence-electron chi connectivity index (χ4n) is 4.95. The molecule has 1 amide bonds. The third-order valence-corrected chi connectivity index (χ3v) is 6.75. The van der Waals surface area contributed by atoms with Crippen molar-refractivity contribution in [1.29, 1.82) is 0 Å². The number of guanidine groups is 1. The zero-order valence-electron chi connectivity index (χ0n) is 20.6. The molecule has 1 aromatic rings. The maximum atomic E-state index is 12.4. The molecule has 3 aliphatic rings. The summed E-state index contributed by atoms with van der Waals surface area (Å²) in [6.07, 6.45) is 3.40. The highest BCUT2D eigenvalue weighted by atomic mass is 16.6. The van der Waals surface area contributed by atoms with E-state index in [2.05, 4.69) is 54.2 Å². The predicted octanol–water partition coefficient (Wildman–Crippen LogP) is 3.70. The van der Waals surface area contributed by atoms with E-state index in [1.165, 1.54) is 36.0 Å². The molecule has 1 atom stereocenters. The fourth-order valence-corrected chi connectivity index (χ4v) is 4.95. The number of fused-ring (bicyclic) bond motifs is 1. The number of amides is 1. The number of piperazine rings is 1. The summed E-state index contributed by atoms with van der Waals surface area (Å²) in [5.74, 6) is 0.995. The lowest BCUT2D eigenvalue weighted by atomic mass is 9.72. The Balaban J connectivity index is 1.48. The van der Waals surface area contributed by atoms with Crippen LogP contribution in [0.4, 0.5) is 4.79 Å². The van der Waals surface area contributed by atoms with E-state index >= 15 is 0 Å². The third-order valence-electron chi connectivity index (χ3n) is 6.75. The normalized spacial score (nSPS) is 23.5. The molecule has 2 aliphatic heterocycles. The Morgan fingerprint density at radius 3 is 2.59 bits per heavy atom. The summed E-state index contributed by atoms with van der Waals surface area (Å²) >= 11 is 0. The molecule has 1 fully saturated rings. The molecule has 32 heavy (non-hydrogen) atoms. The summed E-state index contributed by atoms with van der Waals surface area (Å²) < 4.78 is 5.53. The maximum absolute atomic E-state index is 12.4. The maximum Gasteiger partial charge on any atom is 0.410 e. The predicted molar refractivity (Wildman–Crippen MR) is 128 cm³/mol. The Morgan fingerprint density at radius 1 is 1.19 bits per heavy atom. The second-order valence-corrected chi connectivity index (χ2v) is 11.0. The van der Waals surface area contributed by atoms with Crippen LogP contribution in [0.2, 0.25) is 0 Å². The van der Waals surface area contributed by atoms with Crippen molar-refractivity contribution in [3.8, 4) is 0 Å². The molecule has 7 heteroatoms. The lowest BCUT2D eigenvalue weighted by Gasteiger charge is -2.42. The molecule has 2 heterocycles.